The molecule has 1 aliphatic heterocycles. The Labute approximate surface area is 133 Å². The van der Waals surface area contributed by atoms with Gasteiger partial charge in [-0.05, 0) is 25.3 Å². The Hall–Kier alpha value is -2.51. The van der Waals surface area contributed by atoms with Gasteiger partial charge < -0.3 is 0 Å². The van der Waals surface area contributed by atoms with Gasteiger partial charge in [0.25, 0.3) is 11.8 Å². The minimum atomic E-state index is -4.33. The van der Waals surface area contributed by atoms with E-state index in [1.165, 1.54) is 19.9 Å². The summed E-state index contributed by atoms with van der Waals surface area (Å²) in [6.45, 7) is 2.90. The number of benzene rings is 2. The molecule has 7 heteroatoms. The molecule has 0 N–H and O–H groups in total. The van der Waals surface area contributed by atoms with E-state index in [2.05, 4.69) is 0 Å². The van der Waals surface area contributed by atoms with E-state index in [0.29, 0.717) is 15.8 Å². The van der Waals surface area contributed by atoms with Crippen molar-refractivity contribution in [2.24, 2.45) is 0 Å². The Morgan fingerprint density at radius 1 is 0.870 bits per heavy atom. The highest BCUT2D eigenvalue weighted by Gasteiger charge is 2.38. The molecule has 0 aliphatic carbocycles. The molecular weight excluding hydrogens is 318 g/mol. The monoisotopic (exact) mass is 331 g/mol. The molecule has 3 rings (SSSR count). The summed E-state index contributed by atoms with van der Waals surface area (Å²) in [4.78, 5) is 23.8. The van der Waals surface area contributed by atoms with Gasteiger partial charge >= 0.3 is 10.1 Å². The van der Waals surface area contributed by atoms with E-state index >= 15 is 0 Å². The molecule has 0 unspecified atom stereocenters. The molecule has 0 saturated heterocycles. The lowest BCUT2D eigenvalue weighted by Crippen LogP contribution is -2.34. The molecule has 23 heavy (non-hydrogen) atoms. The zero-order valence-corrected chi connectivity index (χ0v) is 13.3. The van der Waals surface area contributed by atoms with Crippen molar-refractivity contribution in [1.82, 2.24) is 5.06 Å². The number of amides is 2. The van der Waals surface area contributed by atoms with Crippen LogP contribution in [0.5, 0.6) is 0 Å². The van der Waals surface area contributed by atoms with Crippen molar-refractivity contribution in [2.45, 2.75) is 18.7 Å². The molecular formula is C16H13NO5S. The first kappa shape index (κ1) is 15.4. The van der Waals surface area contributed by atoms with Gasteiger partial charge in [-0.25, -0.2) is 0 Å². The molecule has 1 heterocycles. The van der Waals surface area contributed by atoms with Crippen LogP contribution >= 0.6 is 0 Å². The summed E-state index contributed by atoms with van der Waals surface area (Å²) in [6, 6.07) is 11.6. The van der Waals surface area contributed by atoms with E-state index in [4.69, 9.17) is 4.28 Å². The fourth-order valence-electron chi connectivity index (χ4n) is 2.34. The van der Waals surface area contributed by atoms with Crippen LogP contribution in [0.4, 0.5) is 0 Å². The number of imide groups is 1. The van der Waals surface area contributed by atoms with Crippen LogP contribution in [0.1, 0.15) is 13.8 Å². The van der Waals surface area contributed by atoms with Crippen molar-refractivity contribution >= 4 is 32.7 Å². The van der Waals surface area contributed by atoms with E-state index in [0.717, 1.165) is 0 Å². The van der Waals surface area contributed by atoms with Gasteiger partial charge in [-0.3, -0.25) is 9.59 Å². The first-order valence-corrected chi connectivity index (χ1v) is 8.22. The number of rotatable bonds is 3. The SMILES string of the molecule is CC1=C(C)C(=O)N(OS(=O)(=O)c2cccc3ccccc23)C1=O. The molecule has 0 bridgehead atoms. The third-order valence-corrected chi connectivity index (χ3v) is 5.00. The molecule has 2 aromatic rings. The lowest BCUT2D eigenvalue weighted by Gasteiger charge is -2.14. The molecule has 0 fully saturated rings. The lowest BCUT2D eigenvalue weighted by molar-refractivity contribution is -0.162. The summed E-state index contributed by atoms with van der Waals surface area (Å²) in [5, 5.41) is 1.46. The molecule has 0 radical (unpaired) electrons. The van der Waals surface area contributed by atoms with Gasteiger partial charge in [-0.15, -0.1) is 9.35 Å². The predicted octanol–water partition coefficient (Wildman–Crippen LogP) is 2.17. The molecule has 0 aromatic heterocycles. The lowest BCUT2D eigenvalue weighted by atomic mass is 10.1. The van der Waals surface area contributed by atoms with Crippen molar-refractivity contribution in [1.29, 1.82) is 0 Å². The normalized spacial score (nSPS) is 15.8. The quantitative estimate of drug-likeness (QED) is 0.805. The summed E-state index contributed by atoms with van der Waals surface area (Å²) in [7, 11) is -4.33. The highest BCUT2D eigenvalue weighted by Crippen LogP contribution is 2.27. The van der Waals surface area contributed by atoms with Gasteiger partial charge in [-0.2, -0.15) is 8.42 Å². The van der Waals surface area contributed by atoms with Crippen LogP contribution in [0.25, 0.3) is 10.8 Å². The minimum Gasteiger partial charge on any atom is -0.267 e. The van der Waals surface area contributed by atoms with Gasteiger partial charge in [0.15, 0.2) is 0 Å². The summed E-state index contributed by atoms with van der Waals surface area (Å²) in [5.41, 5.74) is 0.339. The second-order valence-electron chi connectivity index (χ2n) is 5.16. The first-order chi connectivity index (χ1) is 10.8. The van der Waals surface area contributed by atoms with Crippen molar-refractivity contribution in [3.63, 3.8) is 0 Å². The smallest absolute Gasteiger partial charge is 0.267 e. The molecule has 118 valence electrons. The summed E-state index contributed by atoms with van der Waals surface area (Å²) in [5.74, 6) is -1.53. The van der Waals surface area contributed by atoms with Gasteiger partial charge in [0, 0.05) is 16.5 Å². The zero-order chi connectivity index (χ0) is 16.8. The number of hydroxylamine groups is 2. The van der Waals surface area contributed by atoms with Crippen molar-refractivity contribution in [3.05, 3.63) is 53.6 Å². The van der Waals surface area contributed by atoms with Crippen LogP contribution in [0.3, 0.4) is 0 Å². The fraction of sp³-hybridized carbons (Fsp3) is 0.125. The number of nitrogens with zero attached hydrogens (tertiary/aromatic N) is 1. The van der Waals surface area contributed by atoms with Crippen LogP contribution in [0.2, 0.25) is 0 Å². The van der Waals surface area contributed by atoms with E-state index in [1.54, 1.807) is 36.4 Å². The Kier molecular flexibility index (Phi) is 3.54. The van der Waals surface area contributed by atoms with Crippen molar-refractivity contribution in [2.75, 3.05) is 0 Å². The highest BCUT2D eigenvalue weighted by atomic mass is 32.2. The molecule has 1 aliphatic rings. The third kappa shape index (κ3) is 2.43. The maximum Gasteiger partial charge on any atom is 0.318 e. The second-order valence-corrected chi connectivity index (χ2v) is 6.66. The second kappa shape index (κ2) is 5.29. The van der Waals surface area contributed by atoms with E-state index < -0.39 is 21.9 Å². The highest BCUT2D eigenvalue weighted by molar-refractivity contribution is 7.87. The molecule has 2 amide bonds. The number of fused-ring (bicyclic) bond motifs is 1. The summed E-state index contributed by atoms with van der Waals surface area (Å²) in [6.07, 6.45) is 0. The van der Waals surface area contributed by atoms with Gasteiger partial charge in [0.05, 0.1) is 0 Å². The Balaban J connectivity index is 2.03. The van der Waals surface area contributed by atoms with Crippen LogP contribution in [-0.2, 0) is 24.0 Å². The molecule has 2 aromatic carbocycles. The number of carbonyl (C=O) groups is 2. The van der Waals surface area contributed by atoms with E-state index in [1.807, 2.05) is 0 Å². The fourth-order valence-corrected chi connectivity index (χ4v) is 3.45. The molecule has 6 nitrogen and oxygen atoms in total. The Morgan fingerprint density at radius 2 is 1.43 bits per heavy atom. The standard InChI is InChI=1S/C16H13NO5S/c1-10-11(2)16(19)17(15(10)18)22-23(20,21)14-9-5-7-12-6-3-4-8-13(12)14/h3-9H,1-2H3. The Bertz CT molecular complexity index is 946. The predicted molar refractivity (Wildman–Crippen MR) is 82.4 cm³/mol. The van der Waals surface area contributed by atoms with Crippen molar-refractivity contribution in [3.8, 4) is 0 Å². The van der Waals surface area contributed by atoms with E-state index in [9.17, 15) is 18.0 Å². The first-order valence-electron chi connectivity index (χ1n) is 6.81. The molecule has 0 spiro atoms. The average molecular weight is 331 g/mol. The zero-order valence-electron chi connectivity index (χ0n) is 12.4. The summed E-state index contributed by atoms with van der Waals surface area (Å²) < 4.78 is 29.9. The maximum absolute atomic E-state index is 12.5. The molecule has 0 saturated carbocycles. The summed E-state index contributed by atoms with van der Waals surface area (Å²) >= 11 is 0. The van der Waals surface area contributed by atoms with Gasteiger partial charge in [0.1, 0.15) is 4.90 Å². The maximum atomic E-state index is 12.5. The van der Waals surface area contributed by atoms with Crippen molar-refractivity contribution < 1.29 is 22.3 Å². The third-order valence-electron chi connectivity index (χ3n) is 3.76. The van der Waals surface area contributed by atoms with Crippen LogP contribution in [0, 0.1) is 0 Å². The van der Waals surface area contributed by atoms with Gasteiger partial charge in [0.2, 0.25) is 0 Å². The average Bonchev–Trinajstić information content (AvgIpc) is 2.72. The largest absolute Gasteiger partial charge is 0.318 e. The molecule has 0 atom stereocenters. The van der Waals surface area contributed by atoms with E-state index in [-0.39, 0.29) is 16.0 Å². The minimum absolute atomic E-state index is 0.0987. The van der Waals surface area contributed by atoms with Crippen LogP contribution < -0.4 is 0 Å². The number of hydrogen-bond acceptors (Lipinski definition) is 5. The van der Waals surface area contributed by atoms with Crippen LogP contribution in [-0.4, -0.2) is 25.3 Å². The number of carbonyl (C=O) groups excluding carboxylic acids is 2. The number of hydrogen-bond donors (Lipinski definition) is 0. The van der Waals surface area contributed by atoms with Crippen LogP contribution in [0.15, 0.2) is 58.5 Å². The Morgan fingerprint density at radius 3 is 2.09 bits per heavy atom. The van der Waals surface area contributed by atoms with Gasteiger partial charge in [-0.1, -0.05) is 36.4 Å². The topological polar surface area (TPSA) is 80.8 Å².